The van der Waals surface area contributed by atoms with Crippen molar-refractivity contribution in [2.75, 3.05) is 13.2 Å². The highest BCUT2D eigenvalue weighted by molar-refractivity contribution is 6.31. The first kappa shape index (κ1) is 16.9. The number of aryl methyl sites for hydroxylation is 1. The summed E-state index contributed by atoms with van der Waals surface area (Å²) in [6, 6.07) is 9.86. The quantitative estimate of drug-likeness (QED) is 0.783. The number of rotatable bonds is 6. The molecule has 0 bridgehead atoms. The zero-order valence-corrected chi connectivity index (χ0v) is 14.7. The summed E-state index contributed by atoms with van der Waals surface area (Å²) >= 11 is 6.00. The van der Waals surface area contributed by atoms with E-state index in [9.17, 15) is 4.79 Å². The van der Waals surface area contributed by atoms with E-state index in [1.807, 2.05) is 42.3 Å². The number of aromatic nitrogens is 1. The number of ether oxygens (including phenoxy) is 1. The number of hydrogen-bond donors (Lipinski definition) is 1. The molecule has 2 aromatic rings. The molecule has 0 saturated carbocycles. The Balaban J connectivity index is 1.46. The summed E-state index contributed by atoms with van der Waals surface area (Å²) < 4.78 is 5.72. The van der Waals surface area contributed by atoms with Crippen molar-refractivity contribution in [3.63, 3.8) is 0 Å². The number of hydrogen-bond acceptors (Lipinski definition) is 2. The van der Waals surface area contributed by atoms with E-state index in [0.717, 1.165) is 41.4 Å². The van der Waals surface area contributed by atoms with Crippen LogP contribution in [0.25, 0.3) is 0 Å². The molecule has 1 aliphatic rings. The molecule has 0 spiro atoms. The van der Waals surface area contributed by atoms with Crippen molar-refractivity contribution in [1.82, 2.24) is 9.88 Å². The summed E-state index contributed by atoms with van der Waals surface area (Å²) in [7, 11) is 0. The molecule has 3 rings (SSSR count). The molecule has 1 unspecified atom stereocenters. The van der Waals surface area contributed by atoms with Crippen molar-refractivity contribution in [3.05, 3.63) is 52.8 Å². The Morgan fingerprint density at radius 2 is 2.29 bits per heavy atom. The molecule has 1 amide bonds. The molecule has 24 heavy (non-hydrogen) atoms. The minimum absolute atomic E-state index is 0.201. The number of benzene rings is 1. The van der Waals surface area contributed by atoms with Gasteiger partial charge in [-0.25, -0.2) is 0 Å². The van der Waals surface area contributed by atoms with Gasteiger partial charge in [0.15, 0.2) is 0 Å². The average Bonchev–Trinajstić information content (AvgIpc) is 3.25. The van der Waals surface area contributed by atoms with Crippen LogP contribution >= 0.6 is 11.6 Å². The summed E-state index contributed by atoms with van der Waals surface area (Å²) in [5.74, 6) is 1.01. The van der Waals surface area contributed by atoms with Gasteiger partial charge in [-0.3, -0.25) is 4.79 Å². The van der Waals surface area contributed by atoms with Crippen LogP contribution in [0.1, 0.15) is 43.0 Å². The van der Waals surface area contributed by atoms with Gasteiger partial charge in [0.25, 0.3) is 0 Å². The highest BCUT2D eigenvalue weighted by atomic mass is 35.5. The van der Waals surface area contributed by atoms with Crippen LogP contribution in [0.3, 0.4) is 0 Å². The predicted octanol–water partition coefficient (Wildman–Crippen LogP) is 4.50. The third-order valence-corrected chi connectivity index (χ3v) is 4.91. The Labute approximate surface area is 147 Å². The summed E-state index contributed by atoms with van der Waals surface area (Å²) in [6.07, 6.45) is 5.25. The Hall–Kier alpha value is -1.94. The monoisotopic (exact) mass is 346 g/mol. The molecular formula is C19H23ClN2O2. The Bertz CT molecular complexity index is 685. The van der Waals surface area contributed by atoms with Crippen LogP contribution in [0.5, 0.6) is 5.75 Å². The molecule has 4 nitrogen and oxygen atoms in total. The minimum atomic E-state index is 0.201. The van der Waals surface area contributed by atoms with E-state index in [0.29, 0.717) is 19.4 Å². The first-order chi connectivity index (χ1) is 11.6. The SMILES string of the molecule is Cc1cc(OCCCC(=O)N2CCCC2c2ccc[nH]2)ccc1Cl. The van der Waals surface area contributed by atoms with Gasteiger partial charge in [0, 0.05) is 29.9 Å². The van der Waals surface area contributed by atoms with Gasteiger partial charge < -0.3 is 14.6 Å². The van der Waals surface area contributed by atoms with Crippen LogP contribution in [0.2, 0.25) is 5.02 Å². The van der Waals surface area contributed by atoms with Gasteiger partial charge in [-0.15, -0.1) is 0 Å². The summed E-state index contributed by atoms with van der Waals surface area (Å²) in [6.45, 7) is 3.33. The fourth-order valence-corrected chi connectivity index (χ4v) is 3.32. The van der Waals surface area contributed by atoms with Gasteiger partial charge in [-0.2, -0.15) is 0 Å². The normalized spacial score (nSPS) is 17.2. The molecule has 1 N–H and O–H groups in total. The lowest BCUT2D eigenvalue weighted by Gasteiger charge is -2.24. The first-order valence-corrected chi connectivity index (χ1v) is 8.84. The van der Waals surface area contributed by atoms with Crippen molar-refractivity contribution in [2.24, 2.45) is 0 Å². The largest absolute Gasteiger partial charge is 0.494 e. The Morgan fingerprint density at radius 1 is 1.42 bits per heavy atom. The van der Waals surface area contributed by atoms with Crippen molar-refractivity contribution >= 4 is 17.5 Å². The molecule has 0 radical (unpaired) electrons. The fourth-order valence-electron chi connectivity index (χ4n) is 3.20. The van der Waals surface area contributed by atoms with E-state index in [1.165, 1.54) is 0 Å². The number of nitrogens with zero attached hydrogens (tertiary/aromatic N) is 1. The van der Waals surface area contributed by atoms with E-state index < -0.39 is 0 Å². The second-order valence-corrected chi connectivity index (χ2v) is 6.64. The van der Waals surface area contributed by atoms with E-state index in [1.54, 1.807) is 0 Å². The number of H-pyrrole nitrogens is 1. The number of carbonyl (C=O) groups excluding carboxylic acids is 1. The second-order valence-electron chi connectivity index (χ2n) is 6.23. The predicted molar refractivity (Wildman–Crippen MR) is 95.4 cm³/mol. The summed E-state index contributed by atoms with van der Waals surface area (Å²) in [4.78, 5) is 17.7. The molecule has 5 heteroatoms. The van der Waals surface area contributed by atoms with Gasteiger partial charge in [0.05, 0.1) is 12.6 Å². The lowest BCUT2D eigenvalue weighted by molar-refractivity contribution is -0.132. The van der Waals surface area contributed by atoms with Crippen LogP contribution < -0.4 is 4.74 Å². The number of likely N-dealkylation sites (tertiary alicyclic amines) is 1. The fraction of sp³-hybridized carbons (Fsp3) is 0.421. The smallest absolute Gasteiger partial charge is 0.223 e. The van der Waals surface area contributed by atoms with E-state index >= 15 is 0 Å². The topological polar surface area (TPSA) is 45.3 Å². The molecule has 1 aromatic heterocycles. The van der Waals surface area contributed by atoms with Crippen molar-refractivity contribution < 1.29 is 9.53 Å². The van der Waals surface area contributed by atoms with Gasteiger partial charge >= 0.3 is 0 Å². The van der Waals surface area contributed by atoms with Crippen LogP contribution in [0.15, 0.2) is 36.5 Å². The number of nitrogens with one attached hydrogen (secondary N) is 1. The second kappa shape index (κ2) is 7.75. The minimum Gasteiger partial charge on any atom is -0.494 e. The molecule has 1 atom stereocenters. The maximum absolute atomic E-state index is 12.5. The summed E-state index contributed by atoms with van der Waals surface area (Å²) in [5, 5.41) is 0.738. The van der Waals surface area contributed by atoms with Crippen LogP contribution in [0, 0.1) is 6.92 Å². The van der Waals surface area contributed by atoms with E-state index in [4.69, 9.17) is 16.3 Å². The molecule has 0 aliphatic carbocycles. The van der Waals surface area contributed by atoms with E-state index in [2.05, 4.69) is 11.1 Å². The van der Waals surface area contributed by atoms with Crippen molar-refractivity contribution in [3.8, 4) is 5.75 Å². The van der Waals surface area contributed by atoms with Crippen LogP contribution in [0.4, 0.5) is 0 Å². The number of carbonyl (C=O) groups is 1. The molecule has 128 valence electrons. The molecule has 2 heterocycles. The maximum atomic E-state index is 12.5. The third kappa shape index (κ3) is 3.93. The molecule has 1 fully saturated rings. The van der Waals surface area contributed by atoms with Crippen LogP contribution in [-0.2, 0) is 4.79 Å². The molecular weight excluding hydrogens is 324 g/mol. The average molecular weight is 347 g/mol. The highest BCUT2D eigenvalue weighted by Crippen LogP contribution is 2.31. The van der Waals surface area contributed by atoms with Gasteiger partial charge in [0.2, 0.25) is 5.91 Å². The first-order valence-electron chi connectivity index (χ1n) is 8.47. The highest BCUT2D eigenvalue weighted by Gasteiger charge is 2.29. The molecule has 1 aromatic carbocycles. The zero-order chi connectivity index (χ0) is 16.9. The maximum Gasteiger partial charge on any atom is 0.223 e. The molecule has 1 aliphatic heterocycles. The van der Waals surface area contributed by atoms with E-state index in [-0.39, 0.29) is 11.9 Å². The number of halogens is 1. The number of aromatic amines is 1. The van der Waals surface area contributed by atoms with Gasteiger partial charge in [-0.1, -0.05) is 11.6 Å². The summed E-state index contributed by atoms with van der Waals surface area (Å²) in [5.41, 5.74) is 2.13. The van der Waals surface area contributed by atoms with Crippen molar-refractivity contribution in [1.29, 1.82) is 0 Å². The zero-order valence-electron chi connectivity index (χ0n) is 13.9. The standard InChI is InChI=1S/C19H23ClN2O2/c1-14-13-15(8-9-16(14)20)24-12-4-7-19(23)22-11-3-6-18(22)17-5-2-10-21-17/h2,5,8-10,13,18,21H,3-4,6-7,11-12H2,1H3. The third-order valence-electron chi connectivity index (χ3n) is 4.49. The Kier molecular flexibility index (Phi) is 5.46. The lowest BCUT2D eigenvalue weighted by atomic mass is 10.1. The van der Waals surface area contributed by atoms with Gasteiger partial charge in [0.1, 0.15) is 5.75 Å². The van der Waals surface area contributed by atoms with Crippen molar-refractivity contribution in [2.45, 2.75) is 38.6 Å². The Morgan fingerprint density at radius 3 is 3.04 bits per heavy atom. The lowest BCUT2D eigenvalue weighted by Crippen LogP contribution is -2.30. The molecule has 1 saturated heterocycles. The number of amides is 1. The van der Waals surface area contributed by atoms with Crippen LogP contribution in [-0.4, -0.2) is 28.9 Å². The van der Waals surface area contributed by atoms with Gasteiger partial charge in [-0.05, 0) is 62.1 Å².